The lowest BCUT2D eigenvalue weighted by Crippen LogP contribution is -2.45. The summed E-state index contributed by atoms with van der Waals surface area (Å²) in [4.78, 5) is 16.5. The number of carbonyl (C=O) groups is 1. The van der Waals surface area contributed by atoms with Crippen LogP contribution in [0.1, 0.15) is 31.2 Å². The van der Waals surface area contributed by atoms with Gasteiger partial charge < -0.3 is 21.1 Å². The average molecular weight is 320 g/mol. The molecule has 6 heteroatoms. The van der Waals surface area contributed by atoms with E-state index in [0.29, 0.717) is 6.54 Å². The van der Waals surface area contributed by atoms with Crippen LogP contribution in [0.25, 0.3) is 0 Å². The summed E-state index contributed by atoms with van der Waals surface area (Å²) < 4.78 is 5.36. The van der Waals surface area contributed by atoms with Crippen LogP contribution in [0.3, 0.4) is 0 Å². The molecule has 1 aliphatic carbocycles. The molecule has 1 aromatic rings. The van der Waals surface area contributed by atoms with E-state index in [2.05, 4.69) is 15.6 Å². The summed E-state index contributed by atoms with van der Waals surface area (Å²) in [5, 5.41) is 6.26. The van der Waals surface area contributed by atoms with E-state index in [0.717, 1.165) is 43.6 Å². The molecule has 1 amide bonds. The predicted molar refractivity (Wildman–Crippen MR) is 91.2 cm³/mol. The Morgan fingerprint density at radius 3 is 2.91 bits per heavy atom. The van der Waals surface area contributed by atoms with Gasteiger partial charge in [-0.2, -0.15) is 0 Å². The van der Waals surface area contributed by atoms with Gasteiger partial charge in [-0.15, -0.1) is 0 Å². The Morgan fingerprint density at radius 1 is 1.39 bits per heavy atom. The highest BCUT2D eigenvalue weighted by atomic mass is 16.5. The Morgan fingerprint density at radius 2 is 2.22 bits per heavy atom. The summed E-state index contributed by atoms with van der Waals surface area (Å²) in [6.07, 6.45) is 5.10. The van der Waals surface area contributed by atoms with Crippen molar-refractivity contribution in [2.24, 2.45) is 11.7 Å². The lowest BCUT2D eigenvalue weighted by atomic mass is 9.83. The van der Waals surface area contributed by atoms with Gasteiger partial charge in [0.2, 0.25) is 5.91 Å². The number of aryl methyl sites for hydroxylation is 1. The van der Waals surface area contributed by atoms with Gasteiger partial charge >= 0.3 is 0 Å². The first-order chi connectivity index (χ1) is 11.1. The number of anilines is 1. The number of nitrogens with one attached hydrogen (secondary N) is 2. The molecule has 4 N–H and O–H groups in total. The minimum atomic E-state index is -0.00576. The van der Waals surface area contributed by atoms with Crippen molar-refractivity contribution in [3.05, 3.63) is 23.9 Å². The minimum Gasteiger partial charge on any atom is -0.380 e. The molecule has 0 bridgehead atoms. The zero-order valence-electron chi connectivity index (χ0n) is 14.0. The summed E-state index contributed by atoms with van der Waals surface area (Å²) in [6.45, 7) is 3.46. The van der Waals surface area contributed by atoms with Crippen LogP contribution in [0.4, 0.5) is 5.82 Å². The molecule has 0 aliphatic heterocycles. The SMILES string of the molecule is CO[C@H]1C[C@@H](C(=O)NCCCNc2ccc(C)cn2)CC[C@@H]1N. The molecule has 0 unspecified atom stereocenters. The first-order valence-corrected chi connectivity index (χ1v) is 8.32. The summed E-state index contributed by atoms with van der Waals surface area (Å²) in [5.74, 6) is 1.00. The molecule has 23 heavy (non-hydrogen) atoms. The van der Waals surface area contributed by atoms with Crippen LogP contribution in [0.5, 0.6) is 0 Å². The number of hydrogen-bond acceptors (Lipinski definition) is 5. The molecule has 0 aromatic carbocycles. The number of aromatic nitrogens is 1. The van der Waals surface area contributed by atoms with Gasteiger partial charge in [-0.25, -0.2) is 4.98 Å². The van der Waals surface area contributed by atoms with E-state index in [1.54, 1.807) is 7.11 Å². The van der Waals surface area contributed by atoms with E-state index in [1.165, 1.54) is 0 Å². The molecule has 1 heterocycles. The zero-order valence-corrected chi connectivity index (χ0v) is 14.0. The second kappa shape index (κ2) is 8.84. The van der Waals surface area contributed by atoms with Gasteiger partial charge in [0.1, 0.15) is 5.82 Å². The van der Waals surface area contributed by atoms with Crippen molar-refractivity contribution < 1.29 is 9.53 Å². The molecule has 128 valence electrons. The fraction of sp³-hybridized carbons (Fsp3) is 0.647. The van der Waals surface area contributed by atoms with Crippen LogP contribution in [0.2, 0.25) is 0 Å². The van der Waals surface area contributed by atoms with Gasteiger partial charge in [0.05, 0.1) is 6.10 Å². The Bertz CT molecular complexity index is 492. The maximum absolute atomic E-state index is 12.2. The fourth-order valence-electron chi connectivity index (χ4n) is 2.89. The number of amides is 1. The van der Waals surface area contributed by atoms with Crippen molar-refractivity contribution in [1.29, 1.82) is 0 Å². The molecule has 1 aliphatic rings. The van der Waals surface area contributed by atoms with Crippen LogP contribution in [-0.2, 0) is 9.53 Å². The smallest absolute Gasteiger partial charge is 0.223 e. The molecule has 0 spiro atoms. The molecule has 1 fully saturated rings. The van der Waals surface area contributed by atoms with Crippen LogP contribution < -0.4 is 16.4 Å². The predicted octanol–water partition coefficient (Wildman–Crippen LogP) is 1.45. The molecule has 1 aromatic heterocycles. The van der Waals surface area contributed by atoms with Crippen molar-refractivity contribution in [2.45, 2.75) is 44.8 Å². The number of hydrogen-bond donors (Lipinski definition) is 3. The first kappa shape index (κ1) is 17.7. The second-order valence-electron chi connectivity index (χ2n) is 6.24. The third-order valence-corrected chi connectivity index (χ3v) is 4.39. The van der Waals surface area contributed by atoms with E-state index in [4.69, 9.17) is 10.5 Å². The van der Waals surface area contributed by atoms with Gasteiger partial charge in [0, 0.05) is 38.4 Å². The van der Waals surface area contributed by atoms with Crippen molar-refractivity contribution in [2.75, 3.05) is 25.5 Å². The quantitative estimate of drug-likeness (QED) is 0.662. The Labute approximate surface area is 138 Å². The molecule has 2 rings (SSSR count). The van der Waals surface area contributed by atoms with Gasteiger partial charge in [-0.05, 0) is 44.2 Å². The first-order valence-electron chi connectivity index (χ1n) is 8.32. The molecular formula is C17H28N4O2. The molecule has 0 saturated heterocycles. The summed E-state index contributed by atoms with van der Waals surface area (Å²) >= 11 is 0. The third kappa shape index (κ3) is 5.48. The van der Waals surface area contributed by atoms with Gasteiger partial charge in [0.15, 0.2) is 0 Å². The highest BCUT2D eigenvalue weighted by molar-refractivity contribution is 5.78. The van der Waals surface area contributed by atoms with E-state index < -0.39 is 0 Å². The van der Waals surface area contributed by atoms with E-state index in [9.17, 15) is 4.79 Å². The number of nitrogens with two attached hydrogens (primary N) is 1. The van der Waals surface area contributed by atoms with Crippen molar-refractivity contribution >= 4 is 11.7 Å². The van der Waals surface area contributed by atoms with E-state index in [1.807, 2.05) is 25.3 Å². The number of nitrogens with zero attached hydrogens (tertiary/aromatic N) is 1. The highest BCUT2D eigenvalue weighted by Gasteiger charge is 2.31. The number of methoxy groups -OCH3 is 1. The number of rotatable bonds is 7. The number of carbonyl (C=O) groups excluding carboxylic acids is 1. The van der Waals surface area contributed by atoms with Crippen molar-refractivity contribution in [3.8, 4) is 0 Å². The minimum absolute atomic E-state index is 0.00576. The van der Waals surface area contributed by atoms with Gasteiger partial charge in [-0.1, -0.05) is 6.07 Å². The number of pyridine rings is 1. The lowest BCUT2D eigenvalue weighted by molar-refractivity contribution is -0.127. The molecule has 6 nitrogen and oxygen atoms in total. The molecule has 1 saturated carbocycles. The Balaban J connectivity index is 1.62. The Kier molecular flexibility index (Phi) is 6.80. The summed E-state index contributed by atoms with van der Waals surface area (Å²) in [5.41, 5.74) is 7.13. The van der Waals surface area contributed by atoms with Crippen LogP contribution in [0.15, 0.2) is 18.3 Å². The number of ether oxygens (including phenoxy) is 1. The monoisotopic (exact) mass is 320 g/mol. The van der Waals surface area contributed by atoms with Gasteiger partial charge in [-0.3, -0.25) is 4.79 Å². The topological polar surface area (TPSA) is 89.3 Å². The average Bonchev–Trinajstić information content (AvgIpc) is 2.56. The molecular weight excluding hydrogens is 292 g/mol. The van der Waals surface area contributed by atoms with E-state index >= 15 is 0 Å². The van der Waals surface area contributed by atoms with Crippen molar-refractivity contribution in [1.82, 2.24) is 10.3 Å². The third-order valence-electron chi connectivity index (χ3n) is 4.39. The summed E-state index contributed by atoms with van der Waals surface area (Å²) in [6, 6.07) is 4.04. The van der Waals surface area contributed by atoms with Crippen LogP contribution in [0, 0.1) is 12.8 Å². The lowest BCUT2D eigenvalue weighted by Gasteiger charge is -2.32. The van der Waals surface area contributed by atoms with Gasteiger partial charge in [0.25, 0.3) is 0 Å². The zero-order chi connectivity index (χ0) is 16.7. The normalized spacial score (nSPS) is 24.2. The fourth-order valence-corrected chi connectivity index (χ4v) is 2.89. The maximum atomic E-state index is 12.2. The standard InChI is InChI=1S/C17H28N4O2/c1-12-4-7-16(21-11-12)19-8-3-9-20-17(22)13-5-6-14(18)15(10-13)23-2/h4,7,11,13-15H,3,5-6,8-10,18H2,1-2H3,(H,19,21)(H,20,22)/t13-,14-,15-/m0/s1. The van der Waals surface area contributed by atoms with Crippen LogP contribution in [-0.4, -0.2) is 43.2 Å². The van der Waals surface area contributed by atoms with E-state index in [-0.39, 0.29) is 24.0 Å². The second-order valence-corrected chi connectivity index (χ2v) is 6.24. The largest absolute Gasteiger partial charge is 0.380 e. The maximum Gasteiger partial charge on any atom is 0.223 e. The summed E-state index contributed by atoms with van der Waals surface area (Å²) in [7, 11) is 1.66. The molecule has 3 atom stereocenters. The van der Waals surface area contributed by atoms with Crippen LogP contribution >= 0.6 is 0 Å². The molecule has 0 radical (unpaired) electrons. The highest BCUT2D eigenvalue weighted by Crippen LogP contribution is 2.25. The van der Waals surface area contributed by atoms with Crippen molar-refractivity contribution in [3.63, 3.8) is 0 Å². The Hall–Kier alpha value is -1.66.